The van der Waals surface area contributed by atoms with Crippen molar-refractivity contribution in [1.82, 2.24) is 9.97 Å². The van der Waals surface area contributed by atoms with Gasteiger partial charge in [-0.2, -0.15) is 0 Å². The molecule has 1 unspecified atom stereocenters. The number of piperidine rings is 1. The summed E-state index contributed by atoms with van der Waals surface area (Å²) >= 11 is 0. The van der Waals surface area contributed by atoms with Crippen LogP contribution < -0.4 is 15.5 Å². The first-order chi connectivity index (χ1) is 13.6. The first kappa shape index (κ1) is 18.2. The van der Waals surface area contributed by atoms with E-state index in [0.717, 1.165) is 30.2 Å². The molecule has 1 aromatic heterocycles. The van der Waals surface area contributed by atoms with Crippen LogP contribution in [-0.2, 0) is 9.53 Å². The molecule has 0 radical (unpaired) electrons. The molecule has 1 saturated heterocycles. The van der Waals surface area contributed by atoms with E-state index >= 15 is 0 Å². The number of ether oxygens (including phenoxy) is 1. The van der Waals surface area contributed by atoms with Gasteiger partial charge in [-0.1, -0.05) is 6.07 Å². The largest absolute Gasteiger partial charge is 0.453 e. The van der Waals surface area contributed by atoms with Crippen molar-refractivity contribution in [2.45, 2.75) is 31.6 Å². The third-order valence-electron chi connectivity index (χ3n) is 5.22. The normalized spacial score (nSPS) is 18.8. The van der Waals surface area contributed by atoms with E-state index in [1.54, 1.807) is 12.1 Å². The number of aromatic nitrogens is 2. The lowest BCUT2D eigenvalue weighted by atomic mass is 9.86. The average molecular weight is 381 g/mol. The topological polar surface area (TPSA) is 96.5 Å². The van der Waals surface area contributed by atoms with Crippen LogP contribution in [0, 0.1) is 0 Å². The number of benzene rings is 1. The average Bonchev–Trinajstić information content (AvgIpc) is 2.73. The Morgan fingerprint density at radius 3 is 2.68 bits per heavy atom. The van der Waals surface area contributed by atoms with Gasteiger partial charge in [0.15, 0.2) is 0 Å². The molecule has 1 aromatic carbocycles. The van der Waals surface area contributed by atoms with Crippen LogP contribution in [0.3, 0.4) is 0 Å². The fourth-order valence-electron chi connectivity index (χ4n) is 3.78. The zero-order valence-electron chi connectivity index (χ0n) is 15.8. The molecule has 1 atom stereocenters. The molecule has 1 fully saturated rings. The minimum Gasteiger partial charge on any atom is -0.453 e. The monoisotopic (exact) mass is 381 g/mol. The minimum atomic E-state index is -0.555. The molecule has 3 heterocycles. The maximum atomic E-state index is 12.2. The quantitative estimate of drug-likeness (QED) is 0.848. The molecule has 0 spiro atoms. The van der Waals surface area contributed by atoms with Crippen molar-refractivity contribution in [3.63, 3.8) is 0 Å². The van der Waals surface area contributed by atoms with Crippen LogP contribution >= 0.6 is 0 Å². The second-order valence-corrected chi connectivity index (χ2v) is 7.09. The van der Waals surface area contributed by atoms with Crippen LogP contribution in [0.5, 0.6) is 0 Å². The molecule has 146 valence electrons. The molecule has 8 heteroatoms. The van der Waals surface area contributed by atoms with Gasteiger partial charge in [-0.3, -0.25) is 10.1 Å². The van der Waals surface area contributed by atoms with E-state index in [1.165, 1.54) is 26.4 Å². The van der Waals surface area contributed by atoms with Gasteiger partial charge < -0.3 is 15.0 Å². The Morgan fingerprint density at radius 1 is 1.21 bits per heavy atom. The molecule has 2 aromatic rings. The zero-order valence-corrected chi connectivity index (χ0v) is 15.8. The van der Waals surface area contributed by atoms with Crippen LogP contribution in [0.25, 0.3) is 0 Å². The number of amides is 2. The SMILES string of the molecule is COC(=O)Nc1ccc2c(c1)NC(=O)CC2c1cnc(N2CCCCC2)nc1. The highest BCUT2D eigenvalue weighted by molar-refractivity contribution is 5.96. The van der Waals surface area contributed by atoms with Gasteiger partial charge in [0.2, 0.25) is 11.9 Å². The predicted octanol–water partition coefficient (Wildman–Crippen LogP) is 3.12. The van der Waals surface area contributed by atoms with E-state index in [1.807, 2.05) is 18.5 Å². The second kappa shape index (κ2) is 7.84. The van der Waals surface area contributed by atoms with Gasteiger partial charge in [-0.25, -0.2) is 14.8 Å². The van der Waals surface area contributed by atoms with Gasteiger partial charge in [-0.05, 0) is 42.5 Å². The molecule has 28 heavy (non-hydrogen) atoms. The lowest BCUT2D eigenvalue weighted by Crippen LogP contribution is -2.31. The van der Waals surface area contributed by atoms with Crippen LogP contribution in [0.2, 0.25) is 0 Å². The second-order valence-electron chi connectivity index (χ2n) is 7.09. The lowest BCUT2D eigenvalue weighted by Gasteiger charge is -2.28. The highest BCUT2D eigenvalue weighted by Gasteiger charge is 2.27. The highest BCUT2D eigenvalue weighted by Crippen LogP contribution is 2.38. The molecule has 2 aliphatic heterocycles. The summed E-state index contributed by atoms with van der Waals surface area (Å²) in [6, 6.07) is 5.44. The maximum Gasteiger partial charge on any atom is 0.411 e. The number of nitrogens with one attached hydrogen (secondary N) is 2. The van der Waals surface area contributed by atoms with Crippen LogP contribution in [0.4, 0.5) is 22.1 Å². The Morgan fingerprint density at radius 2 is 1.96 bits per heavy atom. The molecule has 4 rings (SSSR count). The molecule has 0 bridgehead atoms. The van der Waals surface area contributed by atoms with E-state index < -0.39 is 6.09 Å². The molecule has 8 nitrogen and oxygen atoms in total. The molecule has 2 aliphatic rings. The van der Waals surface area contributed by atoms with E-state index in [9.17, 15) is 9.59 Å². The third kappa shape index (κ3) is 3.76. The number of methoxy groups -OCH3 is 1. The van der Waals surface area contributed by atoms with E-state index in [-0.39, 0.29) is 11.8 Å². The van der Waals surface area contributed by atoms with Crippen molar-refractivity contribution in [2.24, 2.45) is 0 Å². The first-order valence-electron chi connectivity index (χ1n) is 9.49. The van der Waals surface area contributed by atoms with Crippen LogP contribution in [0.1, 0.15) is 42.7 Å². The van der Waals surface area contributed by atoms with Gasteiger partial charge in [0.25, 0.3) is 0 Å². The molecular formula is C20H23N5O3. The van der Waals surface area contributed by atoms with Gasteiger partial charge in [0, 0.05) is 49.2 Å². The Balaban J connectivity index is 1.58. The molecule has 2 N–H and O–H groups in total. The van der Waals surface area contributed by atoms with E-state index in [4.69, 9.17) is 0 Å². The van der Waals surface area contributed by atoms with Gasteiger partial charge in [0.1, 0.15) is 0 Å². The van der Waals surface area contributed by atoms with Gasteiger partial charge in [0.05, 0.1) is 7.11 Å². The summed E-state index contributed by atoms with van der Waals surface area (Å²) < 4.78 is 4.61. The Bertz CT molecular complexity index is 878. The number of fused-ring (bicyclic) bond motifs is 1. The number of anilines is 3. The van der Waals surface area contributed by atoms with Crippen molar-refractivity contribution in [3.8, 4) is 0 Å². The summed E-state index contributed by atoms with van der Waals surface area (Å²) in [6.07, 6.45) is 7.03. The predicted molar refractivity (Wildman–Crippen MR) is 106 cm³/mol. The number of carbonyl (C=O) groups excluding carboxylic acids is 2. The summed E-state index contributed by atoms with van der Waals surface area (Å²) in [5, 5.41) is 5.49. The summed E-state index contributed by atoms with van der Waals surface area (Å²) in [6.45, 7) is 1.98. The first-order valence-corrected chi connectivity index (χ1v) is 9.49. The summed E-state index contributed by atoms with van der Waals surface area (Å²) in [5.41, 5.74) is 3.12. The van der Waals surface area contributed by atoms with E-state index in [2.05, 4.69) is 30.2 Å². The van der Waals surface area contributed by atoms with Crippen molar-refractivity contribution in [3.05, 3.63) is 41.7 Å². The smallest absolute Gasteiger partial charge is 0.411 e. The fourth-order valence-corrected chi connectivity index (χ4v) is 3.78. The van der Waals surface area contributed by atoms with Gasteiger partial charge >= 0.3 is 6.09 Å². The maximum absolute atomic E-state index is 12.2. The fraction of sp³-hybridized carbons (Fsp3) is 0.400. The number of hydrogen-bond donors (Lipinski definition) is 2. The summed E-state index contributed by atoms with van der Waals surface area (Å²) in [5.74, 6) is 0.556. The molecule has 0 aliphatic carbocycles. The Kier molecular flexibility index (Phi) is 5.10. The van der Waals surface area contributed by atoms with E-state index in [0.29, 0.717) is 17.8 Å². The Labute approximate surface area is 163 Å². The van der Waals surface area contributed by atoms with Crippen LogP contribution in [0.15, 0.2) is 30.6 Å². The number of hydrogen-bond acceptors (Lipinski definition) is 6. The van der Waals surface area contributed by atoms with Crippen LogP contribution in [-0.4, -0.2) is 42.2 Å². The molecule has 2 amide bonds. The third-order valence-corrected chi connectivity index (χ3v) is 5.22. The molecule has 0 saturated carbocycles. The number of rotatable bonds is 3. The Hall–Kier alpha value is -3.16. The summed E-state index contributed by atoms with van der Waals surface area (Å²) in [4.78, 5) is 35.0. The lowest BCUT2D eigenvalue weighted by molar-refractivity contribution is -0.116. The molecular weight excluding hydrogens is 358 g/mol. The highest BCUT2D eigenvalue weighted by atomic mass is 16.5. The van der Waals surface area contributed by atoms with Gasteiger partial charge in [-0.15, -0.1) is 0 Å². The summed E-state index contributed by atoms with van der Waals surface area (Å²) in [7, 11) is 1.30. The van der Waals surface area contributed by atoms with Crippen molar-refractivity contribution >= 4 is 29.3 Å². The number of carbonyl (C=O) groups is 2. The minimum absolute atomic E-state index is 0.0761. The zero-order chi connectivity index (χ0) is 19.5. The standard InChI is InChI=1S/C20H23N5O3/c1-28-20(27)23-14-5-6-15-16(10-18(26)24-17(15)9-14)13-11-21-19(22-12-13)25-7-3-2-4-8-25/h5-6,9,11-12,16H,2-4,7-8,10H2,1H3,(H,23,27)(H,24,26). The number of nitrogens with zero attached hydrogens (tertiary/aromatic N) is 3. The van der Waals surface area contributed by atoms with Crippen molar-refractivity contribution in [2.75, 3.05) is 35.7 Å². The van der Waals surface area contributed by atoms with Crippen molar-refractivity contribution in [1.29, 1.82) is 0 Å². The van der Waals surface area contributed by atoms with Crippen molar-refractivity contribution < 1.29 is 14.3 Å².